The van der Waals surface area contributed by atoms with Crippen LogP contribution in [0.1, 0.15) is 25.7 Å². The van der Waals surface area contributed by atoms with Gasteiger partial charge in [-0.05, 0) is 31.6 Å². The zero-order valence-corrected chi connectivity index (χ0v) is 7.33. The van der Waals surface area contributed by atoms with Gasteiger partial charge in [0.05, 0.1) is 6.54 Å². The van der Waals surface area contributed by atoms with Gasteiger partial charge in [-0.15, -0.1) is 0 Å². The number of nitrogens with two attached hydrogens (primary N) is 1. The lowest BCUT2D eigenvalue weighted by molar-refractivity contribution is -0.130. The molecule has 0 bridgehead atoms. The van der Waals surface area contributed by atoms with Crippen molar-refractivity contribution in [1.82, 2.24) is 4.90 Å². The first-order valence-corrected chi connectivity index (χ1v) is 4.81. The molecule has 0 aromatic carbocycles. The summed E-state index contributed by atoms with van der Waals surface area (Å²) in [4.78, 5) is 13.4. The highest BCUT2D eigenvalue weighted by molar-refractivity contribution is 5.78. The first-order chi connectivity index (χ1) is 5.81. The molecule has 68 valence electrons. The van der Waals surface area contributed by atoms with Crippen LogP contribution in [0.3, 0.4) is 0 Å². The lowest BCUT2D eigenvalue weighted by Gasteiger charge is -2.21. The quantitative estimate of drug-likeness (QED) is 0.658. The van der Waals surface area contributed by atoms with E-state index in [4.69, 9.17) is 5.73 Å². The van der Waals surface area contributed by atoms with Crippen molar-refractivity contribution in [2.45, 2.75) is 31.7 Å². The van der Waals surface area contributed by atoms with Crippen molar-refractivity contribution in [3.8, 4) is 0 Å². The van der Waals surface area contributed by atoms with Crippen molar-refractivity contribution in [3.05, 3.63) is 0 Å². The van der Waals surface area contributed by atoms with Crippen molar-refractivity contribution < 1.29 is 4.79 Å². The molecule has 0 spiro atoms. The third kappa shape index (κ3) is 1.78. The van der Waals surface area contributed by atoms with Gasteiger partial charge in [0.25, 0.3) is 0 Å². The lowest BCUT2D eigenvalue weighted by atomic mass is 10.3. The van der Waals surface area contributed by atoms with Crippen molar-refractivity contribution in [3.63, 3.8) is 0 Å². The normalized spacial score (nSPS) is 22.4. The Bertz CT molecular complexity index is 185. The van der Waals surface area contributed by atoms with Crippen LogP contribution in [-0.2, 0) is 4.79 Å². The van der Waals surface area contributed by atoms with Crippen LogP contribution in [0, 0.1) is 5.92 Å². The third-order valence-electron chi connectivity index (χ3n) is 2.63. The van der Waals surface area contributed by atoms with E-state index in [0.29, 0.717) is 6.04 Å². The van der Waals surface area contributed by atoms with Crippen LogP contribution in [0.5, 0.6) is 0 Å². The molecular formula is C9H16N2O. The summed E-state index contributed by atoms with van der Waals surface area (Å²) in [6, 6.07) is 0.543. The molecule has 0 unspecified atom stereocenters. The van der Waals surface area contributed by atoms with Crippen LogP contribution < -0.4 is 5.73 Å². The third-order valence-corrected chi connectivity index (χ3v) is 2.63. The number of amides is 1. The summed E-state index contributed by atoms with van der Waals surface area (Å²) in [5.41, 5.74) is 5.34. The van der Waals surface area contributed by atoms with Crippen LogP contribution >= 0.6 is 0 Å². The highest BCUT2D eigenvalue weighted by Crippen LogP contribution is 2.34. The largest absolute Gasteiger partial charge is 0.338 e. The zero-order valence-electron chi connectivity index (χ0n) is 7.33. The number of carbonyl (C=O) groups is 1. The van der Waals surface area contributed by atoms with Gasteiger partial charge in [-0.2, -0.15) is 0 Å². The SMILES string of the molecule is NCC(=O)N(CC1CC1)C1CC1. The van der Waals surface area contributed by atoms with Crippen LogP contribution in [0.15, 0.2) is 0 Å². The van der Waals surface area contributed by atoms with E-state index >= 15 is 0 Å². The zero-order chi connectivity index (χ0) is 8.55. The number of rotatable bonds is 4. The van der Waals surface area contributed by atoms with Crippen molar-refractivity contribution in [2.24, 2.45) is 11.7 Å². The molecule has 0 aromatic heterocycles. The topological polar surface area (TPSA) is 46.3 Å². The van der Waals surface area contributed by atoms with Gasteiger partial charge in [0.15, 0.2) is 0 Å². The van der Waals surface area contributed by atoms with Crippen molar-refractivity contribution in [1.29, 1.82) is 0 Å². The van der Waals surface area contributed by atoms with Crippen LogP contribution in [-0.4, -0.2) is 29.9 Å². The van der Waals surface area contributed by atoms with Crippen LogP contribution in [0.2, 0.25) is 0 Å². The van der Waals surface area contributed by atoms with E-state index in [0.717, 1.165) is 12.5 Å². The van der Waals surface area contributed by atoms with Gasteiger partial charge < -0.3 is 10.6 Å². The van der Waals surface area contributed by atoms with Crippen LogP contribution in [0.25, 0.3) is 0 Å². The fourth-order valence-corrected chi connectivity index (χ4v) is 1.54. The molecule has 2 aliphatic carbocycles. The molecule has 0 radical (unpaired) electrons. The first kappa shape index (κ1) is 8.05. The summed E-state index contributed by atoms with van der Waals surface area (Å²) in [5, 5.41) is 0. The molecule has 3 nitrogen and oxygen atoms in total. The molecule has 2 saturated carbocycles. The first-order valence-electron chi connectivity index (χ1n) is 4.81. The molecule has 2 N–H and O–H groups in total. The summed E-state index contributed by atoms with van der Waals surface area (Å²) in [6.45, 7) is 1.16. The number of nitrogens with zero attached hydrogens (tertiary/aromatic N) is 1. The minimum atomic E-state index is 0.143. The average molecular weight is 168 g/mol. The molecule has 12 heavy (non-hydrogen) atoms. The molecule has 3 heteroatoms. The number of carbonyl (C=O) groups excluding carboxylic acids is 1. The number of hydrogen-bond acceptors (Lipinski definition) is 2. The highest BCUT2D eigenvalue weighted by atomic mass is 16.2. The van der Waals surface area contributed by atoms with Gasteiger partial charge in [-0.1, -0.05) is 0 Å². The Hall–Kier alpha value is -0.570. The van der Waals surface area contributed by atoms with E-state index in [1.54, 1.807) is 0 Å². The minimum Gasteiger partial charge on any atom is -0.338 e. The maximum absolute atomic E-state index is 11.4. The van der Waals surface area contributed by atoms with E-state index in [-0.39, 0.29) is 12.5 Å². The Kier molecular flexibility index (Phi) is 2.05. The molecule has 2 aliphatic rings. The summed E-state index contributed by atoms with van der Waals surface area (Å²) < 4.78 is 0. The molecule has 2 fully saturated rings. The molecule has 0 heterocycles. The monoisotopic (exact) mass is 168 g/mol. The standard InChI is InChI=1S/C9H16N2O/c10-5-9(12)11(8-3-4-8)6-7-1-2-7/h7-8H,1-6,10H2. The predicted molar refractivity (Wildman–Crippen MR) is 46.5 cm³/mol. The average Bonchev–Trinajstić information content (AvgIpc) is 2.88. The Morgan fingerprint density at radius 1 is 1.33 bits per heavy atom. The Labute approximate surface area is 72.9 Å². The maximum Gasteiger partial charge on any atom is 0.236 e. The summed E-state index contributed by atoms with van der Waals surface area (Å²) in [7, 11) is 0. The molecule has 1 amide bonds. The van der Waals surface area contributed by atoms with Gasteiger partial charge in [0, 0.05) is 12.6 Å². The van der Waals surface area contributed by atoms with E-state index in [2.05, 4.69) is 0 Å². The highest BCUT2D eigenvalue weighted by Gasteiger charge is 2.35. The molecule has 0 aliphatic heterocycles. The predicted octanol–water partition coefficient (Wildman–Crippen LogP) is 0.346. The second-order valence-corrected chi connectivity index (χ2v) is 3.92. The smallest absolute Gasteiger partial charge is 0.236 e. The Morgan fingerprint density at radius 3 is 2.42 bits per heavy atom. The Balaban J connectivity index is 1.86. The molecule has 2 rings (SSSR count). The van der Waals surface area contributed by atoms with Gasteiger partial charge in [0.1, 0.15) is 0 Å². The fourth-order valence-electron chi connectivity index (χ4n) is 1.54. The van der Waals surface area contributed by atoms with Crippen LogP contribution in [0.4, 0.5) is 0 Å². The van der Waals surface area contributed by atoms with Gasteiger partial charge in [-0.3, -0.25) is 4.79 Å². The van der Waals surface area contributed by atoms with E-state index in [1.807, 2.05) is 4.90 Å². The summed E-state index contributed by atoms with van der Waals surface area (Å²) in [5.74, 6) is 0.936. The van der Waals surface area contributed by atoms with Crippen molar-refractivity contribution >= 4 is 5.91 Å². The van der Waals surface area contributed by atoms with Gasteiger partial charge >= 0.3 is 0 Å². The fraction of sp³-hybridized carbons (Fsp3) is 0.889. The molecule has 0 atom stereocenters. The van der Waals surface area contributed by atoms with Gasteiger partial charge in [0.2, 0.25) is 5.91 Å². The summed E-state index contributed by atoms with van der Waals surface area (Å²) >= 11 is 0. The number of hydrogen-bond donors (Lipinski definition) is 1. The lowest BCUT2D eigenvalue weighted by Crippen LogP contribution is -2.39. The Morgan fingerprint density at radius 2 is 2.00 bits per heavy atom. The van der Waals surface area contributed by atoms with E-state index in [1.165, 1.54) is 25.7 Å². The minimum absolute atomic E-state index is 0.143. The molecule has 0 saturated heterocycles. The van der Waals surface area contributed by atoms with Crippen molar-refractivity contribution in [2.75, 3.05) is 13.1 Å². The second kappa shape index (κ2) is 3.05. The summed E-state index contributed by atoms with van der Waals surface area (Å²) in [6.07, 6.45) is 5.00. The molecule has 0 aromatic rings. The maximum atomic E-state index is 11.4. The van der Waals surface area contributed by atoms with E-state index in [9.17, 15) is 4.79 Å². The van der Waals surface area contributed by atoms with Gasteiger partial charge in [-0.25, -0.2) is 0 Å². The molecular weight excluding hydrogens is 152 g/mol. The van der Waals surface area contributed by atoms with E-state index < -0.39 is 0 Å². The second-order valence-electron chi connectivity index (χ2n) is 3.92.